The molecular weight excluding hydrogens is 478 g/mol. The first-order valence-electron chi connectivity index (χ1n) is 11.8. The van der Waals surface area contributed by atoms with E-state index >= 15 is 0 Å². The number of methoxy groups -OCH3 is 1. The Morgan fingerprint density at radius 3 is 2.59 bits per heavy atom. The van der Waals surface area contributed by atoms with E-state index in [9.17, 15) is 14.4 Å². The van der Waals surface area contributed by atoms with Crippen molar-refractivity contribution in [2.75, 3.05) is 13.7 Å². The molecule has 2 N–H and O–H groups in total. The fourth-order valence-corrected chi connectivity index (χ4v) is 5.04. The van der Waals surface area contributed by atoms with E-state index in [0.29, 0.717) is 39.1 Å². The maximum absolute atomic E-state index is 13.9. The summed E-state index contributed by atoms with van der Waals surface area (Å²) < 4.78 is 25.1. The van der Waals surface area contributed by atoms with Crippen molar-refractivity contribution in [2.24, 2.45) is 12.8 Å². The molecule has 4 aromatic rings. The Labute approximate surface area is 211 Å². The Balaban J connectivity index is 1.93. The van der Waals surface area contributed by atoms with Crippen LogP contribution in [0.25, 0.3) is 32.8 Å². The Bertz CT molecular complexity index is 1660. The Morgan fingerprint density at radius 1 is 1.19 bits per heavy atom. The standard InChI is InChI=1S/C27H27N3O7/c1-13(31)35-24-21-18(37-27(2,3)25(24)36-19(32)12-28)11-17(34-5)20-22(21)30(4)26-15(23(20)33)10-14-8-6-7-9-16(14)29-26/h6-11,24-25H,12,28H2,1-5H3/t24-,25-/m1/s1. The number of hydrogen-bond donors (Lipinski definition) is 1. The minimum absolute atomic E-state index is 0.262. The van der Waals surface area contributed by atoms with Gasteiger partial charge in [-0.2, -0.15) is 0 Å². The fourth-order valence-electron chi connectivity index (χ4n) is 5.04. The largest absolute Gasteiger partial charge is 0.496 e. The SMILES string of the molecule is COc1cc2c(c3c1c(=O)c1cc4ccccc4nc1n3C)[C@@H](OC(C)=O)[C@@H](OC(=O)CN)C(C)(C)O2. The molecule has 0 spiro atoms. The van der Waals surface area contributed by atoms with E-state index in [1.165, 1.54) is 14.0 Å². The molecule has 0 saturated carbocycles. The molecule has 5 rings (SSSR count). The van der Waals surface area contributed by atoms with Crippen LogP contribution in [0.15, 0.2) is 41.2 Å². The monoisotopic (exact) mass is 505 g/mol. The average Bonchev–Trinajstić information content (AvgIpc) is 2.86. The summed E-state index contributed by atoms with van der Waals surface area (Å²) in [6, 6.07) is 10.9. The van der Waals surface area contributed by atoms with Crippen LogP contribution in [0, 0.1) is 0 Å². The molecule has 2 aromatic heterocycles. The van der Waals surface area contributed by atoms with Crippen LogP contribution in [-0.4, -0.2) is 46.8 Å². The highest BCUT2D eigenvalue weighted by molar-refractivity contribution is 6.01. The molecule has 1 aliphatic heterocycles. The summed E-state index contributed by atoms with van der Waals surface area (Å²) in [5.74, 6) is -0.663. The lowest BCUT2D eigenvalue weighted by Crippen LogP contribution is -2.52. The summed E-state index contributed by atoms with van der Waals surface area (Å²) in [4.78, 5) is 43.2. The van der Waals surface area contributed by atoms with Crippen molar-refractivity contribution in [1.29, 1.82) is 0 Å². The number of para-hydroxylation sites is 1. The number of rotatable bonds is 4. The molecule has 0 fully saturated rings. The number of benzene rings is 2. The van der Waals surface area contributed by atoms with Gasteiger partial charge in [-0.05, 0) is 26.0 Å². The molecule has 0 bridgehead atoms. The van der Waals surface area contributed by atoms with Gasteiger partial charge >= 0.3 is 11.9 Å². The van der Waals surface area contributed by atoms with Gasteiger partial charge in [0.1, 0.15) is 22.7 Å². The van der Waals surface area contributed by atoms with Gasteiger partial charge in [0.25, 0.3) is 0 Å². The third kappa shape index (κ3) is 3.84. The third-order valence-electron chi connectivity index (χ3n) is 6.65. The highest BCUT2D eigenvalue weighted by atomic mass is 16.6. The highest BCUT2D eigenvalue weighted by Gasteiger charge is 2.50. The first kappa shape index (κ1) is 24.5. The number of esters is 2. The molecule has 2 aromatic carbocycles. The lowest BCUT2D eigenvalue weighted by atomic mass is 9.86. The van der Waals surface area contributed by atoms with Crippen LogP contribution < -0.4 is 20.6 Å². The summed E-state index contributed by atoms with van der Waals surface area (Å²) in [7, 11) is 3.23. The van der Waals surface area contributed by atoms with E-state index < -0.39 is 29.7 Å². The van der Waals surface area contributed by atoms with Gasteiger partial charge in [0.05, 0.1) is 41.0 Å². The fraction of sp³-hybridized carbons (Fsp3) is 0.333. The Kier molecular flexibility index (Phi) is 5.79. The number of hydrogen-bond acceptors (Lipinski definition) is 9. The van der Waals surface area contributed by atoms with Gasteiger partial charge in [-0.15, -0.1) is 0 Å². The molecule has 0 saturated heterocycles. The minimum Gasteiger partial charge on any atom is -0.496 e. The number of carbonyl (C=O) groups is 2. The molecule has 192 valence electrons. The topological polar surface area (TPSA) is 132 Å². The van der Waals surface area contributed by atoms with Crippen molar-refractivity contribution in [3.05, 3.63) is 52.2 Å². The third-order valence-corrected chi connectivity index (χ3v) is 6.65. The number of aromatic nitrogens is 2. The van der Waals surface area contributed by atoms with E-state index in [4.69, 9.17) is 29.7 Å². The van der Waals surface area contributed by atoms with Gasteiger partial charge in [0.15, 0.2) is 12.2 Å². The molecule has 0 unspecified atom stereocenters. The van der Waals surface area contributed by atoms with Crippen molar-refractivity contribution in [1.82, 2.24) is 9.55 Å². The van der Waals surface area contributed by atoms with Crippen molar-refractivity contribution in [3.63, 3.8) is 0 Å². The van der Waals surface area contributed by atoms with Crippen LogP contribution in [0.5, 0.6) is 11.5 Å². The lowest BCUT2D eigenvalue weighted by Gasteiger charge is -2.43. The van der Waals surface area contributed by atoms with Crippen molar-refractivity contribution < 1.29 is 28.5 Å². The molecule has 10 nitrogen and oxygen atoms in total. The molecule has 10 heteroatoms. The smallest absolute Gasteiger partial charge is 0.320 e. The number of nitrogens with two attached hydrogens (primary N) is 1. The van der Waals surface area contributed by atoms with Gasteiger partial charge in [0, 0.05) is 25.4 Å². The second-order valence-electron chi connectivity index (χ2n) is 9.50. The van der Waals surface area contributed by atoms with E-state index in [0.717, 1.165) is 5.39 Å². The van der Waals surface area contributed by atoms with Crippen LogP contribution >= 0.6 is 0 Å². The summed E-state index contributed by atoms with van der Waals surface area (Å²) >= 11 is 0. The van der Waals surface area contributed by atoms with Crippen LogP contribution in [0.4, 0.5) is 0 Å². The van der Waals surface area contributed by atoms with E-state index in [1.54, 1.807) is 37.6 Å². The molecule has 2 atom stereocenters. The van der Waals surface area contributed by atoms with Crippen molar-refractivity contribution in [3.8, 4) is 11.5 Å². The maximum atomic E-state index is 13.9. The number of carbonyl (C=O) groups excluding carboxylic acids is 2. The minimum atomic E-state index is -1.11. The predicted octanol–water partition coefficient (Wildman–Crippen LogP) is 2.89. The lowest BCUT2D eigenvalue weighted by molar-refractivity contribution is -0.188. The average molecular weight is 506 g/mol. The number of pyridine rings is 2. The first-order valence-corrected chi connectivity index (χ1v) is 11.8. The number of aryl methyl sites for hydroxylation is 1. The van der Waals surface area contributed by atoms with E-state index in [1.807, 2.05) is 24.3 Å². The normalized spacial score (nSPS) is 18.3. The number of fused-ring (bicyclic) bond motifs is 5. The molecular formula is C27H27N3O7. The van der Waals surface area contributed by atoms with Crippen molar-refractivity contribution >= 4 is 44.8 Å². The van der Waals surface area contributed by atoms with Gasteiger partial charge < -0.3 is 29.2 Å². The summed E-state index contributed by atoms with van der Waals surface area (Å²) in [6.07, 6.45) is -2.14. The summed E-state index contributed by atoms with van der Waals surface area (Å²) in [5.41, 5.74) is 6.00. The second-order valence-corrected chi connectivity index (χ2v) is 9.50. The summed E-state index contributed by atoms with van der Waals surface area (Å²) in [6.45, 7) is 4.32. The number of nitrogens with zero attached hydrogens (tertiary/aromatic N) is 2. The zero-order valence-corrected chi connectivity index (χ0v) is 21.2. The molecule has 1 aliphatic rings. The van der Waals surface area contributed by atoms with Crippen LogP contribution in [0.2, 0.25) is 0 Å². The van der Waals surface area contributed by atoms with Crippen LogP contribution in [0.1, 0.15) is 32.4 Å². The predicted molar refractivity (Wildman–Crippen MR) is 137 cm³/mol. The molecule has 37 heavy (non-hydrogen) atoms. The Hall–Kier alpha value is -4.18. The van der Waals surface area contributed by atoms with Crippen molar-refractivity contribution in [2.45, 2.75) is 38.6 Å². The number of ether oxygens (including phenoxy) is 4. The molecule has 0 radical (unpaired) electrons. The quantitative estimate of drug-likeness (QED) is 0.328. The zero-order chi connectivity index (χ0) is 26.6. The maximum Gasteiger partial charge on any atom is 0.320 e. The zero-order valence-electron chi connectivity index (χ0n) is 21.2. The second kappa shape index (κ2) is 8.74. The molecule has 0 amide bonds. The van der Waals surface area contributed by atoms with Gasteiger partial charge in [-0.25, -0.2) is 4.98 Å². The van der Waals surface area contributed by atoms with Crippen LogP contribution in [0.3, 0.4) is 0 Å². The summed E-state index contributed by atoms with van der Waals surface area (Å²) in [5, 5.41) is 1.48. The highest BCUT2D eigenvalue weighted by Crippen LogP contribution is 2.48. The van der Waals surface area contributed by atoms with E-state index in [2.05, 4.69) is 0 Å². The van der Waals surface area contributed by atoms with Crippen LogP contribution in [-0.2, 0) is 26.1 Å². The molecule has 0 aliphatic carbocycles. The Morgan fingerprint density at radius 2 is 1.92 bits per heavy atom. The first-order chi connectivity index (χ1) is 17.6. The van der Waals surface area contributed by atoms with E-state index in [-0.39, 0.29) is 17.4 Å². The molecule has 3 heterocycles. The van der Waals surface area contributed by atoms with Gasteiger partial charge in [-0.3, -0.25) is 14.4 Å². The van der Waals surface area contributed by atoms with Gasteiger partial charge in [-0.1, -0.05) is 18.2 Å². The van der Waals surface area contributed by atoms with Gasteiger partial charge in [0.2, 0.25) is 5.43 Å².